The maximum atomic E-state index is 12.5. The molecule has 19 heavy (non-hydrogen) atoms. The van der Waals surface area contributed by atoms with Crippen molar-refractivity contribution in [2.24, 2.45) is 0 Å². The number of ether oxygens (including phenoxy) is 1. The predicted molar refractivity (Wildman–Crippen MR) is 82.9 cm³/mol. The zero-order valence-corrected chi connectivity index (χ0v) is 14.0. The number of carbonyl (C=O) groups is 1. The van der Waals surface area contributed by atoms with Crippen LogP contribution >= 0.6 is 31.9 Å². The third kappa shape index (κ3) is 3.38. The van der Waals surface area contributed by atoms with Crippen molar-refractivity contribution in [2.75, 3.05) is 18.5 Å². The number of rotatable bonds is 3. The molecule has 1 aromatic carbocycles. The van der Waals surface area contributed by atoms with E-state index < -0.39 is 0 Å². The summed E-state index contributed by atoms with van der Waals surface area (Å²) in [6.45, 7) is 3.34. The van der Waals surface area contributed by atoms with Crippen molar-refractivity contribution in [1.82, 2.24) is 5.32 Å². The predicted octanol–water partition coefficient (Wildman–Crippen LogP) is 3.43. The summed E-state index contributed by atoms with van der Waals surface area (Å²) in [5.41, 5.74) is 1.50. The normalized spacial score (nSPS) is 18.1. The summed E-state index contributed by atoms with van der Waals surface area (Å²) in [5, 5.41) is 3.93. The molecule has 0 aromatic heterocycles. The van der Waals surface area contributed by atoms with E-state index in [0.29, 0.717) is 13.2 Å². The number of amides is 1. The summed E-state index contributed by atoms with van der Waals surface area (Å²) in [6.07, 6.45) is 1.69. The van der Waals surface area contributed by atoms with Crippen LogP contribution in [0.25, 0.3) is 0 Å². The molecule has 1 aliphatic heterocycles. The van der Waals surface area contributed by atoms with E-state index >= 15 is 0 Å². The van der Waals surface area contributed by atoms with Gasteiger partial charge in [0.2, 0.25) is 0 Å². The lowest BCUT2D eigenvalue weighted by molar-refractivity contribution is 0.0441. The van der Waals surface area contributed by atoms with Gasteiger partial charge in [0.15, 0.2) is 0 Å². The minimum Gasteiger partial charge on any atom is -0.381 e. The molecule has 1 N–H and O–H groups in total. The van der Waals surface area contributed by atoms with Crippen molar-refractivity contribution in [3.05, 3.63) is 33.8 Å². The Kier molecular flexibility index (Phi) is 5.03. The van der Waals surface area contributed by atoms with Gasteiger partial charge in [0.25, 0.3) is 5.91 Å². The highest BCUT2D eigenvalue weighted by Crippen LogP contribution is 2.25. The van der Waals surface area contributed by atoms with E-state index in [-0.39, 0.29) is 11.4 Å². The first-order valence-corrected chi connectivity index (χ1v) is 8.21. The van der Waals surface area contributed by atoms with Gasteiger partial charge in [-0.05, 0) is 37.5 Å². The SMILES string of the molecule is Cc1c(Br)cccc1C(=O)NC1(CBr)CCOCC1. The molecule has 1 aliphatic rings. The van der Waals surface area contributed by atoms with Crippen LogP contribution in [-0.4, -0.2) is 30.0 Å². The molecular weight excluding hydrogens is 374 g/mol. The van der Waals surface area contributed by atoms with Crippen LogP contribution in [0.5, 0.6) is 0 Å². The van der Waals surface area contributed by atoms with Gasteiger partial charge in [-0.1, -0.05) is 37.9 Å². The fraction of sp³-hybridized carbons (Fsp3) is 0.500. The summed E-state index contributed by atoms with van der Waals surface area (Å²) in [7, 11) is 0. The van der Waals surface area contributed by atoms with E-state index in [4.69, 9.17) is 4.74 Å². The van der Waals surface area contributed by atoms with E-state index in [0.717, 1.165) is 33.8 Å². The van der Waals surface area contributed by atoms with Crippen LogP contribution in [-0.2, 0) is 4.74 Å². The van der Waals surface area contributed by atoms with Gasteiger partial charge in [0.1, 0.15) is 0 Å². The Morgan fingerprint density at radius 1 is 1.42 bits per heavy atom. The monoisotopic (exact) mass is 389 g/mol. The van der Waals surface area contributed by atoms with E-state index in [1.54, 1.807) is 0 Å². The Bertz CT molecular complexity index is 471. The van der Waals surface area contributed by atoms with Crippen LogP contribution in [0.3, 0.4) is 0 Å². The fourth-order valence-corrected chi connectivity index (χ4v) is 3.28. The second-order valence-electron chi connectivity index (χ2n) is 4.89. The van der Waals surface area contributed by atoms with Gasteiger partial charge in [-0.15, -0.1) is 0 Å². The Labute approximate surface area is 130 Å². The zero-order chi connectivity index (χ0) is 13.9. The summed E-state index contributed by atoms with van der Waals surface area (Å²) < 4.78 is 6.34. The van der Waals surface area contributed by atoms with Gasteiger partial charge in [0, 0.05) is 28.6 Å². The second-order valence-corrected chi connectivity index (χ2v) is 6.31. The largest absolute Gasteiger partial charge is 0.381 e. The molecule has 5 heteroatoms. The van der Waals surface area contributed by atoms with Gasteiger partial charge < -0.3 is 10.1 Å². The molecule has 1 fully saturated rings. The number of benzene rings is 1. The Balaban J connectivity index is 2.17. The highest BCUT2D eigenvalue weighted by Gasteiger charge is 2.33. The Morgan fingerprint density at radius 2 is 2.11 bits per heavy atom. The molecular formula is C14H17Br2NO2. The number of hydrogen-bond acceptors (Lipinski definition) is 2. The lowest BCUT2D eigenvalue weighted by Gasteiger charge is -2.36. The third-order valence-electron chi connectivity index (χ3n) is 3.60. The van der Waals surface area contributed by atoms with Gasteiger partial charge in [-0.25, -0.2) is 0 Å². The minimum absolute atomic E-state index is 0.0137. The zero-order valence-electron chi connectivity index (χ0n) is 10.8. The van der Waals surface area contributed by atoms with Crippen molar-refractivity contribution in [3.63, 3.8) is 0 Å². The number of alkyl halides is 1. The average molecular weight is 391 g/mol. The molecule has 1 heterocycles. The molecule has 0 aliphatic carbocycles. The maximum Gasteiger partial charge on any atom is 0.252 e. The Hall–Kier alpha value is -0.390. The van der Waals surface area contributed by atoms with Gasteiger partial charge in [0.05, 0.1) is 5.54 Å². The standard InChI is InChI=1S/C14H17Br2NO2/c1-10-11(3-2-4-12(10)16)13(18)17-14(9-15)5-7-19-8-6-14/h2-4H,5-9H2,1H3,(H,17,18). The van der Waals surface area contributed by atoms with Crippen molar-refractivity contribution >= 4 is 37.8 Å². The number of hydrogen-bond donors (Lipinski definition) is 1. The number of nitrogens with one attached hydrogen (secondary N) is 1. The summed E-state index contributed by atoms with van der Waals surface area (Å²) in [6, 6.07) is 5.69. The molecule has 1 saturated heterocycles. The molecule has 0 radical (unpaired) electrons. The molecule has 3 nitrogen and oxygen atoms in total. The van der Waals surface area contributed by atoms with Crippen molar-refractivity contribution in [1.29, 1.82) is 0 Å². The summed E-state index contributed by atoms with van der Waals surface area (Å²) in [5.74, 6) is -0.0137. The van der Waals surface area contributed by atoms with Gasteiger partial charge in [-0.3, -0.25) is 4.79 Å². The first kappa shape index (κ1) is 15.0. The minimum atomic E-state index is -0.190. The average Bonchev–Trinajstić information content (AvgIpc) is 2.42. The molecule has 0 bridgehead atoms. The number of halogens is 2. The second kappa shape index (κ2) is 6.37. The quantitative estimate of drug-likeness (QED) is 0.803. The van der Waals surface area contributed by atoms with Crippen molar-refractivity contribution in [3.8, 4) is 0 Å². The number of carbonyl (C=O) groups excluding carboxylic acids is 1. The topological polar surface area (TPSA) is 38.3 Å². The van der Waals surface area contributed by atoms with Crippen LogP contribution in [0.4, 0.5) is 0 Å². The highest BCUT2D eigenvalue weighted by atomic mass is 79.9. The molecule has 0 saturated carbocycles. The lowest BCUT2D eigenvalue weighted by atomic mass is 9.91. The van der Waals surface area contributed by atoms with Crippen molar-refractivity contribution in [2.45, 2.75) is 25.3 Å². The summed E-state index contributed by atoms with van der Waals surface area (Å²) >= 11 is 6.98. The molecule has 0 spiro atoms. The first-order chi connectivity index (χ1) is 9.08. The lowest BCUT2D eigenvalue weighted by Crippen LogP contribution is -2.53. The van der Waals surface area contributed by atoms with Crippen LogP contribution in [0, 0.1) is 6.92 Å². The molecule has 1 aromatic rings. The molecule has 104 valence electrons. The van der Waals surface area contributed by atoms with Gasteiger partial charge >= 0.3 is 0 Å². The third-order valence-corrected chi connectivity index (χ3v) is 5.53. The van der Waals surface area contributed by atoms with Crippen LogP contribution in [0.15, 0.2) is 22.7 Å². The molecule has 1 amide bonds. The maximum absolute atomic E-state index is 12.5. The van der Waals surface area contributed by atoms with E-state index in [1.807, 2.05) is 25.1 Å². The van der Waals surface area contributed by atoms with E-state index in [1.165, 1.54) is 0 Å². The molecule has 0 atom stereocenters. The van der Waals surface area contributed by atoms with Crippen molar-refractivity contribution < 1.29 is 9.53 Å². The highest BCUT2D eigenvalue weighted by molar-refractivity contribution is 9.10. The van der Waals surface area contributed by atoms with Gasteiger partial charge in [-0.2, -0.15) is 0 Å². The van der Waals surface area contributed by atoms with E-state index in [2.05, 4.69) is 37.2 Å². The van der Waals surface area contributed by atoms with Crippen LogP contribution in [0.2, 0.25) is 0 Å². The molecule has 2 rings (SSSR count). The van der Waals surface area contributed by atoms with E-state index in [9.17, 15) is 4.79 Å². The smallest absolute Gasteiger partial charge is 0.252 e. The van der Waals surface area contributed by atoms with Crippen LogP contribution < -0.4 is 5.32 Å². The summed E-state index contributed by atoms with van der Waals surface area (Å²) in [4.78, 5) is 12.5. The molecule has 0 unspecified atom stereocenters. The Morgan fingerprint density at radius 3 is 2.74 bits per heavy atom. The fourth-order valence-electron chi connectivity index (χ4n) is 2.22. The first-order valence-electron chi connectivity index (χ1n) is 6.29. The van der Waals surface area contributed by atoms with Crippen LogP contribution in [0.1, 0.15) is 28.8 Å².